The second kappa shape index (κ2) is 3.65. The largest absolute Gasteiger partial charge is 0.329 e. The third kappa shape index (κ3) is 1.81. The smallest absolute Gasteiger partial charge is 0.0437 e. The van der Waals surface area contributed by atoms with Crippen LogP contribution in [-0.2, 0) is 0 Å². The molecule has 0 fully saturated rings. The molecule has 0 aliphatic carbocycles. The topological polar surface area (TPSA) is 64.9 Å². The van der Waals surface area contributed by atoms with Gasteiger partial charge in [-0.05, 0) is 25.5 Å². The number of pyridine rings is 1. The Labute approximate surface area is 72.8 Å². The first-order chi connectivity index (χ1) is 5.65. The third-order valence-electron chi connectivity index (χ3n) is 1.92. The van der Waals surface area contributed by atoms with Gasteiger partial charge in [-0.15, -0.1) is 0 Å². The average molecular weight is 165 g/mol. The predicted octanol–water partition coefficient (Wildman–Crippen LogP) is 0.657. The number of aryl methyl sites for hydroxylation is 2. The first kappa shape index (κ1) is 9.16. The summed E-state index contributed by atoms with van der Waals surface area (Å²) in [5.41, 5.74) is 14.3. The zero-order valence-electron chi connectivity index (χ0n) is 7.54. The Balaban J connectivity index is 3.01. The van der Waals surface area contributed by atoms with Gasteiger partial charge in [0.05, 0.1) is 0 Å². The summed E-state index contributed by atoms with van der Waals surface area (Å²) in [6.45, 7) is 4.38. The predicted molar refractivity (Wildman–Crippen MR) is 49.7 cm³/mol. The average Bonchev–Trinajstić information content (AvgIpc) is 2.03. The van der Waals surface area contributed by atoms with Crippen molar-refractivity contribution in [2.75, 3.05) is 6.54 Å². The second-order valence-electron chi connectivity index (χ2n) is 2.97. The lowest BCUT2D eigenvalue weighted by atomic mass is 10.1. The number of aromatic nitrogens is 1. The summed E-state index contributed by atoms with van der Waals surface area (Å²) in [5.74, 6) is 0. The fourth-order valence-electron chi connectivity index (χ4n) is 1.22. The quantitative estimate of drug-likeness (QED) is 0.676. The second-order valence-corrected chi connectivity index (χ2v) is 2.97. The van der Waals surface area contributed by atoms with E-state index in [9.17, 15) is 0 Å². The molecule has 0 amide bonds. The molecular formula is C9H15N3. The Bertz CT molecular complexity index is 270. The van der Waals surface area contributed by atoms with Gasteiger partial charge in [0.1, 0.15) is 0 Å². The van der Waals surface area contributed by atoms with Crippen molar-refractivity contribution < 1.29 is 0 Å². The van der Waals surface area contributed by atoms with E-state index >= 15 is 0 Å². The molecule has 3 heteroatoms. The van der Waals surface area contributed by atoms with E-state index in [1.165, 1.54) is 0 Å². The Morgan fingerprint density at radius 2 is 2.08 bits per heavy atom. The first-order valence-electron chi connectivity index (χ1n) is 4.05. The lowest BCUT2D eigenvalue weighted by Gasteiger charge is -2.11. The summed E-state index contributed by atoms with van der Waals surface area (Å²) in [6.07, 6.45) is 0. The Kier molecular flexibility index (Phi) is 2.78. The highest BCUT2D eigenvalue weighted by Crippen LogP contribution is 2.12. The zero-order valence-corrected chi connectivity index (χ0v) is 7.54. The van der Waals surface area contributed by atoms with E-state index < -0.39 is 0 Å². The van der Waals surface area contributed by atoms with Crippen LogP contribution < -0.4 is 11.5 Å². The van der Waals surface area contributed by atoms with Gasteiger partial charge in [0, 0.05) is 24.0 Å². The van der Waals surface area contributed by atoms with E-state index in [0.29, 0.717) is 6.54 Å². The molecule has 1 aromatic heterocycles. The van der Waals surface area contributed by atoms with Crippen LogP contribution in [0.2, 0.25) is 0 Å². The minimum absolute atomic E-state index is 0.0851. The summed E-state index contributed by atoms with van der Waals surface area (Å²) >= 11 is 0. The molecule has 66 valence electrons. The van der Waals surface area contributed by atoms with Crippen LogP contribution in [0.15, 0.2) is 12.1 Å². The molecule has 0 spiro atoms. The van der Waals surface area contributed by atoms with Gasteiger partial charge in [0.2, 0.25) is 0 Å². The summed E-state index contributed by atoms with van der Waals surface area (Å²) in [6, 6.07) is 3.87. The molecule has 0 aliphatic rings. The highest BCUT2D eigenvalue weighted by atomic mass is 14.8. The molecule has 4 N–H and O–H groups in total. The molecule has 1 rings (SSSR count). The van der Waals surface area contributed by atoms with Crippen molar-refractivity contribution in [3.05, 3.63) is 29.1 Å². The van der Waals surface area contributed by atoms with Gasteiger partial charge >= 0.3 is 0 Å². The minimum atomic E-state index is -0.0851. The molecule has 1 heterocycles. The van der Waals surface area contributed by atoms with Crippen LogP contribution in [0.1, 0.15) is 23.0 Å². The number of nitrogens with two attached hydrogens (primary N) is 2. The summed E-state index contributed by atoms with van der Waals surface area (Å²) in [4.78, 5) is 4.31. The van der Waals surface area contributed by atoms with Crippen LogP contribution in [-0.4, -0.2) is 11.5 Å². The van der Waals surface area contributed by atoms with Gasteiger partial charge in [-0.25, -0.2) is 0 Å². The molecule has 3 nitrogen and oxygen atoms in total. The molecule has 0 saturated carbocycles. The number of hydrogen-bond acceptors (Lipinski definition) is 3. The molecule has 12 heavy (non-hydrogen) atoms. The minimum Gasteiger partial charge on any atom is -0.329 e. The van der Waals surface area contributed by atoms with Gasteiger partial charge in [0.25, 0.3) is 0 Å². The Hall–Kier alpha value is -0.930. The zero-order chi connectivity index (χ0) is 9.14. The van der Waals surface area contributed by atoms with Crippen LogP contribution in [0, 0.1) is 13.8 Å². The van der Waals surface area contributed by atoms with Gasteiger partial charge < -0.3 is 11.5 Å². The summed E-state index contributed by atoms with van der Waals surface area (Å²) in [5, 5.41) is 0. The van der Waals surface area contributed by atoms with Crippen molar-refractivity contribution in [3.63, 3.8) is 0 Å². The summed E-state index contributed by atoms with van der Waals surface area (Å²) in [7, 11) is 0. The molecule has 0 aromatic carbocycles. The standard InChI is InChI=1S/C9H15N3/c1-6-3-4-8(7(2)12-6)9(11)5-10/h3-4,9H,5,10-11H2,1-2H3/t9-/m0/s1. The van der Waals surface area contributed by atoms with Crippen LogP contribution in [0.4, 0.5) is 0 Å². The number of hydrogen-bond donors (Lipinski definition) is 2. The van der Waals surface area contributed by atoms with Crippen molar-refractivity contribution in [3.8, 4) is 0 Å². The van der Waals surface area contributed by atoms with E-state index in [1.807, 2.05) is 26.0 Å². The lowest BCUT2D eigenvalue weighted by molar-refractivity contribution is 0.724. The van der Waals surface area contributed by atoms with Crippen molar-refractivity contribution in [2.45, 2.75) is 19.9 Å². The van der Waals surface area contributed by atoms with E-state index in [4.69, 9.17) is 11.5 Å². The maximum absolute atomic E-state index is 5.78. The summed E-state index contributed by atoms with van der Waals surface area (Å²) < 4.78 is 0. The molecule has 0 radical (unpaired) electrons. The fourth-order valence-corrected chi connectivity index (χ4v) is 1.22. The SMILES string of the molecule is Cc1ccc([C@@H](N)CN)c(C)n1. The maximum atomic E-state index is 5.78. The monoisotopic (exact) mass is 165 g/mol. The van der Waals surface area contributed by atoms with Gasteiger partial charge in [0.15, 0.2) is 0 Å². The van der Waals surface area contributed by atoms with Gasteiger partial charge in [-0.3, -0.25) is 4.98 Å². The van der Waals surface area contributed by atoms with E-state index in [0.717, 1.165) is 17.0 Å². The number of nitrogens with zero attached hydrogens (tertiary/aromatic N) is 1. The fraction of sp³-hybridized carbons (Fsp3) is 0.444. The van der Waals surface area contributed by atoms with Gasteiger partial charge in [-0.2, -0.15) is 0 Å². The molecule has 0 unspecified atom stereocenters. The molecule has 1 aromatic rings. The first-order valence-corrected chi connectivity index (χ1v) is 4.05. The van der Waals surface area contributed by atoms with Crippen LogP contribution >= 0.6 is 0 Å². The Morgan fingerprint density at radius 3 is 2.58 bits per heavy atom. The van der Waals surface area contributed by atoms with E-state index in [2.05, 4.69) is 4.98 Å². The molecule has 0 saturated heterocycles. The highest BCUT2D eigenvalue weighted by molar-refractivity contribution is 5.24. The van der Waals surface area contributed by atoms with E-state index in [1.54, 1.807) is 0 Å². The molecule has 0 aliphatic heterocycles. The molecular weight excluding hydrogens is 150 g/mol. The van der Waals surface area contributed by atoms with Crippen molar-refractivity contribution in [2.24, 2.45) is 11.5 Å². The van der Waals surface area contributed by atoms with Gasteiger partial charge in [-0.1, -0.05) is 6.07 Å². The maximum Gasteiger partial charge on any atom is 0.0437 e. The van der Waals surface area contributed by atoms with Crippen molar-refractivity contribution >= 4 is 0 Å². The van der Waals surface area contributed by atoms with Crippen molar-refractivity contribution in [1.82, 2.24) is 4.98 Å². The lowest BCUT2D eigenvalue weighted by Crippen LogP contribution is -2.22. The molecule has 1 atom stereocenters. The number of rotatable bonds is 2. The van der Waals surface area contributed by atoms with Crippen molar-refractivity contribution in [1.29, 1.82) is 0 Å². The van der Waals surface area contributed by atoms with Crippen LogP contribution in [0.3, 0.4) is 0 Å². The Morgan fingerprint density at radius 1 is 1.42 bits per heavy atom. The normalized spacial score (nSPS) is 13.0. The van der Waals surface area contributed by atoms with E-state index in [-0.39, 0.29) is 6.04 Å². The highest BCUT2D eigenvalue weighted by Gasteiger charge is 2.06. The van der Waals surface area contributed by atoms with Crippen LogP contribution in [0.5, 0.6) is 0 Å². The van der Waals surface area contributed by atoms with Crippen LogP contribution in [0.25, 0.3) is 0 Å². The third-order valence-corrected chi connectivity index (χ3v) is 1.92. The molecule has 0 bridgehead atoms.